The maximum atomic E-state index is 11.5. The van der Waals surface area contributed by atoms with E-state index in [1.54, 1.807) is 19.2 Å². The molecular formula is C20H21N3O5. The van der Waals surface area contributed by atoms with Crippen LogP contribution in [0.4, 0.5) is 4.79 Å². The molecule has 0 fully saturated rings. The minimum absolute atomic E-state index is 0.408. The third kappa shape index (κ3) is 4.59. The lowest BCUT2D eigenvalue weighted by atomic mass is 10.2. The van der Waals surface area contributed by atoms with E-state index in [9.17, 15) is 9.59 Å². The molecule has 0 spiro atoms. The summed E-state index contributed by atoms with van der Waals surface area (Å²) in [6.45, 7) is 3.27. The third-order valence-corrected chi connectivity index (χ3v) is 4.12. The Balaban J connectivity index is 1.88. The van der Waals surface area contributed by atoms with E-state index in [4.69, 9.17) is 14.6 Å². The largest absolute Gasteiger partial charge is 0.489 e. The minimum atomic E-state index is -1.21. The standard InChI is InChI=1S/C20H21N3O5/c1-13(22-20(25)26)19(28-14(2)24)23-18-10-17(9-8-16(18)11-21-23)27-12-15-6-4-3-5-7-15/h3-11,13,19,22H,12H2,1-2H3,(H,25,26)/t13-,19?/m0/s1. The minimum Gasteiger partial charge on any atom is -0.489 e. The summed E-state index contributed by atoms with van der Waals surface area (Å²) in [5.41, 5.74) is 1.70. The van der Waals surface area contributed by atoms with E-state index in [1.165, 1.54) is 11.6 Å². The van der Waals surface area contributed by atoms with Gasteiger partial charge in [-0.15, -0.1) is 0 Å². The van der Waals surface area contributed by atoms with Gasteiger partial charge in [0.1, 0.15) is 12.4 Å². The number of carbonyl (C=O) groups excluding carboxylic acids is 1. The fraction of sp³-hybridized carbons (Fsp3) is 0.250. The predicted octanol–water partition coefficient (Wildman–Crippen LogP) is 3.33. The van der Waals surface area contributed by atoms with E-state index < -0.39 is 24.3 Å². The number of ether oxygens (including phenoxy) is 2. The Bertz CT molecular complexity index is 970. The van der Waals surface area contributed by atoms with Gasteiger partial charge in [-0.2, -0.15) is 5.10 Å². The normalized spacial score (nSPS) is 12.9. The van der Waals surface area contributed by atoms with Crippen molar-refractivity contribution in [3.63, 3.8) is 0 Å². The van der Waals surface area contributed by atoms with Crippen LogP contribution in [0.2, 0.25) is 0 Å². The Hall–Kier alpha value is -3.55. The summed E-state index contributed by atoms with van der Waals surface area (Å²) >= 11 is 0. The highest BCUT2D eigenvalue weighted by atomic mass is 16.6. The molecule has 0 saturated heterocycles. The van der Waals surface area contributed by atoms with Crippen LogP contribution in [-0.4, -0.2) is 33.0 Å². The predicted molar refractivity (Wildman–Crippen MR) is 102 cm³/mol. The van der Waals surface area contributed by atoms with E-state index in [1.807, 2.05) is 42.5 Å². The summed E-state index contributed by atoms with van der Waals surface area (Å²) in [5.74, 6) is 0.0858. The molecule has 8 heteroatoms. The Morgan fingerprint density at radius 2 is 1.96 bits per heavy atom. The SMILES string of the molecule is CC(=O)OC([C@H](C)NC(=O)O)n1ncc2ccc(OCc3ccccc3)cc21. The molecule has 1 aromatic heterocycles. The van der Waals surface area contributed by atoms with Crippen molar-refractivity contribution in [2.24, 2.45) is 0 Å². The van der Waals surface area contributed by atoms with Gasteiger partial charge in [-0.1, -0.05) is 30.3 Å². The van der Waals surface area contributed by atoms with Crippen LogP contribution in [0.1, 0.15) is 25.6 Å². The number of aromatic nitrogens is 2. The van der Waals surface area contributed by atoms with Crippen molar-refractivity contribution in [1.82, 2.24) is 15.1 Å². The number of benzene rings is 2. The fourth-order valence-electron chi connectivity index (χ4n) is 2.85. The van der Waals surface area contributed by atoms with Crippen LogP contribution in [0.3, 0.4) is 0 Å². The highest BCUT2D eigenvalue weighted by molar-refractivity contribution is 5.80. The molecule has 3 aromatic rings. The molecule has 0 radical (unpaired) electrons. The molecule has 0 saturated carbocycles. The van der Waals surface area contributed by atoms with E-state index >= 15 is 0 Å². The molecule has 146 valence electrons. The average Bonchev–Trinajstić information content (AvgIpc) is 3.07. The van der Waals surface area contributed by atoms with Gasteiger partial charge in [0.25, 0.3) is 0 Å². The topological polar surface area (TPSA) is 103 Å². The molecule has 8 nitrogen and oxygen atoms in total. The number of amides is 1. The molecule has 1 heterocycles. The fourth-order valence-corrected chi connectivity index (χ4v) is 2.85. The van der Waals surface area contributed by atoms with Gasteiger partial charge in [0.05, 0.1) is 17.8 Å². The number of nitrogens with one attached hydrogen (secondary N) is 1. The first-order valence-electron chi connectivity index (χ1n) is 8.74. The third-order valence-electron chi connectivity index (χ3n) is 4.12. The molecule has 2 atom stereocenters. The zero-order valence-electron chi connectivity index (χ0n) is 15.5. The molecule has 3 rings (SSSR count). The van der Waals surface area contributed by atoms with Crippen LogP contribution >= 0.6 is 0 Å². The molecule has 2 N–H and O–H groups in total. The van der Waals surface area contributed by atoms with Crippen LogP contribution in [0, 0.1) is 0 Å². The summed E-state index contributed by atoms with van der Waals surface area (Å²) in [6.07, 6.45) is -0.524. The maximum absolute atomic E-state index is 11.5. The van der Waals surface area contributed by atoms with Gasteiger partial charge < -0.3 is 19.9 Å². The Morgan fingerprint density at radius 1 is 1.21 bits per heavy atom. The molecule has 28 heavy (non-hydrogen) atoms. The summed E-state index contributed by atoms with van der Waals surface area (Å²) in [7, 11) is 0. The van der Waals surface area contributed by atoms with Crippen molar-refractivity contribution in [3.05, 3.63) is 60.3 Å². The van der Waals surface area contributed by atoms with Crippen molar-refractivity contribution < 1.29 is 24.2 Å². The van der Waals surface area contributed by atoms with Gasteiger partial charge in [-0.05, 0) is 24.6 Å². The lowest BCUT2D eigenvalue weighted by molar-refractivity contribution is -0.153. The molecule has 1 amide bonds. The molecule has 0 aliphatic heterocycles. The molecular weight excluding hydrogens is 362 g/mol. The lowest BCUT2D eigenvalue weighted by Gasteiger charge is -2.24. The van der Waals surface area contributed by atoms with Crippen molar-refractivity contribution in [3.8, 4) is 5.75 Å². The smallest absolute Gasteiger partial charge is 0.405 e. The Kier molecular flexibility index (Phi) is 5.78. The van der Waals surface area contributed by atoms with Gasteiger partial charge in [-0.3, -0.25) is 4.79 Å². The van der Waals surface area contributed by atoms with Gasteiger partial charge in [0.15, 0.2) is 0 Å². The van der Waals surface area contributed by atoms with Crippen LogP contribution in [-0.2, 0) is 16.1 Å². The number of hydrogen-bond donors (Lipinski definition) is 2. The van der Waals surface area contributed by atoms with Gasteiger partial charge in [0.2, 0.25) is 6.23 Å². The Morgan fingerprint density at radius 3 is 2.64 bits per heavy atom. The number of carbonyl (C=O) groups is 2. The van der Waals surface area contributed by atoms with Crippen molar-refractivity contribution in [2.45, 2.75) is 32.7 Å². The zero-order valence-corrected chi connectivity index (χ0v) is 15.5. The summed E-state index contributed by atoms with van der Waals surface area (Å²) in [6, 6.07) is 14.5. The summed E-state index contributed by atoms with van der Waals surface area (Å²) in [5, 5.41) is 16.4. The highest BCUT2D eigenvalue weighted by Crippen LogP contribution is 2.26. The Labute approximate surface area is 161 Å². The van der Waals surface area contributed by atoms with Crippen molar-refractivity contribution in [1.29, 1.82) is 0 Å². The van der Waals surface area contributed by atoms with E-state index in [0.29, 0.717) is 17.9 Å². The second-order valence-electron chi connectivity index (χ2n) is 6.32. The van der Waals surface area contributed by atoms with E-state index in [-0.39, 0.29) is 0 Å². The number of rotatable bonds is 7. The molecule has 0 aliphatic rings. The van der Waals surface area contributed by atoms with Gasteiger partial charge in [0, 0.05) is 18.4 Å². The average molecular weight is 383 g/mol. The zero-order chi connectivity index (χ0) is 20.1. The molecule has 1 unspecified atom stereocenters. The molecule has 2 aromatic carbocycles. The lowest BCUT2D eigenvalue weighted by Crippen LogP contribution is -2.40. The summed E-state index contributed by atoms with van der Waals surface area (Å²) < 4.78 is 12.7. The van der Waals surface area contributed by atoms with Crippen LogP contribution in [0.15, 0.2) is 54.7 Å². The van der Waals surface area contributed by atoms with E-state index in [2.05, 4.69) is 10.4 Å². The van der Waals surface area contributed by atoms with Crippen molar-refractivity contribution >= 4 is 23.0 Å². The maximum Gasteiger partial charge on any atom is 0.405 e. The number of nitrogens with zero attached hydrogens (tertiary/aromatic N) is 2. The van der Waals surface area contributed by atoms with Crippen LogP contribution in [0.5, 0.6) is 5.75 Å². The van der Waals surface area contributed by atoms with Crippen LogP contribution < -0.4 is 10.1 Å². The van der Waals surface area contributed by atoms with Gasteiger partial charge >= 0.3 is 12.1 Å². The highest BCUT2D eigenvalue weighted by Gasteiger charge is 2.26. The first-order valence-corrected chi connectivity index (χ1v) is 8.74. The van der Waals surface area contributed by atoms with Crippen molar-refractivity contribution in [2.75, 3.05) is 0 Å². The van der Waals surface area contributed by atoms with E-state index in [0.717, 1.165) is 10.9 Å². The monoisotopic (exact) mass is 383 g/mol. The number of carboxylic acid groups (broad SMARTS) is 1. The van der Waals surface area contributed by atoms with Crippen LogP contribution in [0.25, 0.3) is 10.9 Å². The first-order chi connectivity index (χ1) is 13.4. The summed E-state index contributed by atoms with van der Waals surface area (Å²) in [4.78, 5) is 22.5. The second kappa shape index (κ2) is 8.43. The molecule has 0 bridgehead atoms. The quantitative estimate of drug-likeness (QED) is 0.607. The second-order valence-corrected chi connectivity index (χ2v) is 6.32. The number of fused-ring (bicyclic) bond motifs is 1. The molecule has 0 aliphatic carbocycles. The first kappa shape index (κ1) is 19.2. The number of hydrogen-bond acceptors (Lipinski definition) is 5. The number of esters is 1. The van der Waals surface area contributed by atoms with Gasteiger partial charge in [-0.25, -0.2) is 9.48 Å².